The number of nitrogens with one attached hydrogen (secondary N) is 1. The van der Waals surface area contributed by atoms with E-state index in [9.17, 15) is 8.42 Å². The van der Waals surface area contributed by atoms with Crippen molar-refractivity contribution < 1.29 is 12.8 Å². The van der Waals surface area contributed by atoms with Crippen LogP contribution in [0.4, 0.5) is 5.69 Å². The molecule has 24 heavy (non-hydrogen) atoms. The maximum atomic E-state index is 12.2. The highest BCUT2D eigenvalue weighted by Crippen LogP contribution is 2.38. The number of anilines is 1. The lowest BCUT2D eigenvalue weighted by atomic mass is 10.0. The van der Waals surface area contributed by atoms with E-state index in [2.05, 4.69) is 25.5 Å². The minimum atomic E-state index is -3.40. The highest BCUT2D eigenvalue weighted by Gasteiger charge is 2.29. The summed E-state index contributed by atoms with van der Waals surface area (Å²) in [6.45, 7) is 7.40. The third kappa shape index (κ3) is 2.87. The SMILES string of the molecule is CC[Si](CC)(CC)OCCc1ccc2c3c(cccc13)NS2(=O)=O. The molecule has 130 valence electrons. The van der Waals surface area contributed by atoms with Crippen molar-refractivity contribution in [2.24, 2.45) is 0 Å². The Morgan fingerprint density at radius 2 is 1.75 bits per heavy atom. The molecule has 0 atom stereocenters. The van der Waals surface area contributed by atoms with Crippen molar-refractivity contribution in [2.75, 3.05) is 11.3 Å². The van der Waals surface area contributed by atoms with Crippen LogP contribution in [0.25, 0.3) is 10.8 Å². The molecular formula is C18H25NO3SSi. The van der Waals surface area contributed by atoms with Gasteiger partial charge in [-0.05, 0) is 47.6 Å². The van der Waals surface area contributed by atoms with Crippen molar-refractivity contribution in [1.29, 1.82) is 0 Å². The van der Waals surface area contributed by atoms with Gasteiger partial charge < -0.3 is 4.43 Å². The molecule has 0 saturated heterocycles. The van der Waals surface area contributed by atoms with Crippen LogP contribution in [0.2, 0.25) is 18.1 Å². The molecule has 1 heterocycles. The van der Waals surface area contributed by atoms with Gasteiger partial charge in [-0.2, -0.15) is 0 Å². The summed E-state index contributed by atoms with van der Waals surface area (Å²) in [7, 11) is -4.98. The van der Waals surface area contributed by atoms with Crippen LogP contribution in [0, 0.1) is 0 Å². The lowest BCUT2D eigenvalue weighted by molar-refractivity contribution is 0.304. The molecule has 2 aromatic carbocycles. The van der Waals surface area contributed by atoms with Crippen LogP contribution in [0.3, 0.4) is 0 Å². The van der Waals surface area contributed by atoms with Crippen LogP contribution in [-0.4, -0.2) is 23.3 Å². The zero-order valence-corrected chi connectivity index (χ0v) is 16.4. The maximum Gasteiger partial charge on any atom is 0.262 e. The topological polar surface area (TPSA) is 55.4 Å². The molecule has 0 saturated carbocycles. The van der Waals surface area contributed by atoms with Crippen molar-refractivity contribution in [2.45, 2.75) is 50.2 Å². The van der Waals surface area contributed by atoms with Crippen molar-refractivity contribution in [3.63, 3.8) is 0 Å². The first-order valence-corrected chi connectivity index (χ1v) is 12.7. The van der Waals surface area contributed by atoms with E-state index in [4.69, 9.17) is 4.43 Å². The molecule has 3 rings (SSSR count). The zero-order chi connectivity index (χ0) is 17.4. The molecule has 4 nitrogen and oxygen atoms in total. The van der Waals surface area contributed by atoms with E-state index in [1.807, 2.05) is 24.3 Å². The quantitative estimate of drug-likeness (QED) is 0.736. The Kier molecular flexibility index (Phi) is 4.73. The molecular weight excluding hydrogens is 338 g/mol. The van der Waals surface area contributed by atoms with Crippen molar-refractivity contribution in [1.82, 2.24) is 0 Å². The smallest absolute Gasteiger partial charge is 0.262 e. The van der Waals surface area contributed by atoms with Crippen molar-refractivity contribution >= 4 is 34.8 Å². The molecule has 0 bridgehead atoms. The Bertz CT molecular complexity index is 852. The number of hydrogen-bond donors (Lipinski definition) is 1. The van der Waals surface area contributed by atoms with E-state index in [1.54, 1.807) is 6.07 Å². The first-order chi connectivity index (χ1) is 11.5. The van der Waals surface area contributed by atoms with E-state index in [0.29, 0.717) is 17.2 Å². The average Bonchev–Trinajstić information content (AvgIpc) is 2.85. The number of sulfonamides is 1. The number of rotatable bonds is 7. The summed E-state index contributed by atoms with van der Waals surface area (Å²) < 4.78 is 33.3. The molecule has 1 N–H and O–H groups in total. The van der Waals surface area contributed by atoms with E-state index < -0.39 is 18.3 Å². The Labute approximate surface area is 145 Å². The molecule has 0 unspecified atom stereocenters. The Hall–Kier alpha value is -1.37. The lowest BCUT2D eigenvalue weighted by Gasteiger charge is -2.28. The third-order valence-electron chi connectivity index (χ3n) is 5.34. The second-order valence-corrected chi connectivity index (χ2v) is 12.8. The molecule has 1 aliphatic heterocycles. The lowest BCUT2D eigenvalue weighted by Crippen LogP contribution is -2.36. The van der Waals surface area contributed by atoms with Gasteiger partial charge in [-0.1, -0.05) is 39.0 Å². The molecule has 0 fully saturated rings. The second kappa shape index (κ2) is 6.50. The summed E-state index contributed by atoms with van der Waals surface area (Å²) in [5.41, 5.74) is 1.84. The third-order valence-corrected chi connectivity index (χ3v) is 11.4. The van der Waals surface area contributed by atoms with Gasteiger partial charge in [-0.25, -0.2) is 8.42 Å². The van der Waals surface area contributed by atoms with E-state index in [0.717, 1.165) is 40.9 Å². The summed E-state index contributed by atoms with van der Waals surface area (Å²) in [6.07, 6.45) is 0.815. The fourth-order valence-corrected chi connectivity index (χ4v) is 7.55. The van der Waals surface area contributed by atoms with Gasteiger partial charge in [0.25, 0.3) is 10.0 Å². The molecule has 0 amide bonds. The van der Waals surface area contributed by atoms with Crippen LogP contribution < -0.4 is 4.72 Å². The van der Waals surface area contributed by atoms with Crippen molar-refractivity contribution in [3.8, 4) is 0 Å². The Balaban J connectivity index is 1.88. The predicted octanol–water partition coefficient (Wildman–Crippen LogP) is 4.52. The van der Waals surface area contributed by atoms with Crippen LogP contribution >= 0.6 is 0 Å². The van der Waals surface area contributed by atoms with Crippen LogP contribution in [0.15, 0.2) is 35.2 Å². The molecule has 0 aliphatic carbocycles. The molecule has 0 spiro atoms. The second-order valence-electron chi connectivity index (χ2n) is 6.40. The number of hydrogen-bond acceptors (Lipinski definition) is 3. The Morgan fingerprint density at radius 3 is 2.42 bits per heavy atom. The van der Waals surface area contributed by atoms with Gasteiger partial charge in [0.2, 0.25) is 0 Å². The molecule has 0 radical (unpaired) electrons. The van der Waals surface area contributed by atoms with Gasteiger partial charge >= 0.3 is 0 Å². The Morgan fingerprint density at radius 1 is 1.04 bits per heavy atom. The highest BCUT2D eigenvalue weighted by atomic mass is 32.2. The minimum absolute atomic E-state index is 0.386. The van der Waals surface area contributed by atoms with Gasteiger partial charge in [-0.15, -0.1) is 0 Å². The average molecular weight is 364 g/mol. The normalized spacial score (nSPS) is 15.6. The van der Waals surface area contributed by atoms with Crippen molar-refractivity contribution in [3.05, 3.63) is 35.9 Å². The first-order valence-electron chi connectivity index (χ1n) is 8.67. The van der Waals surface area contributed by atoms with Gasteiger partial charge in [0.1, 0.15) is 0 Å². The van der Waals surface area contributed by atoms with Gasteiger partial charge in [-0.3, -0.25) is 4.72 Å². The van der Waals surface area contributed by atoms with Gasteiger partial charge in [0.05, 0.1) is 10.6 Å². The highest BCUT2D eigenvalue weighted by molar-refractivity contribution is 7.93. The summed E-state index contributed by atoms with van der Waals surface area (Å²) in [4.78, 5) is 0.386. The molecule has 6 heteroatoms. The summed E-state index contributed by atoms with van der Waals surface area (Å²) >= 11 is 0. The fraction of sp³-hybridized carbons (Fsp3) is 0.444. The van der Waals surface area contributed by atoms with E-state index >= 15 is 0 Å². The molecule has 2 aromatic rings. The molecule has 0 aromatic heterocycles. The van der Waals surface area contributed by atoms with Gasteiger partial charge in [0.15, 0.2) is 8.32 Å². The van der Waals surface area contributed by atoms with E-state index in [-0.39, 0.29) is 0 Å². The summed E-state index contributed by atoms with van der Waals surface area (Å²) in [5.74, 6) is 0. The van der Waals surface area contributed by atoms with E-state index in [1.165, 1.54) is 0 Å². The molecule has 1 aliphatic rings. The predicted molar refractivity (Wildman–Crippen MR) is 102 cm³/mol. The maximum absolute atomic E-state index is 12.2. The van der Waals surface area contributed by atoms with Crippen LogP contribution in [0.1, 0.15) is 26.3 Å². The zero-order valence-electron chi connectivity index (χ0n) is 14.6. The summed E-state index contributed by atoms with van der Waals surface area (Å²) in [6, 6.07) is 12.8. The number of benzene rings is 2. The van der Waals surface area contributed by atoms with Gasteiger partial charge in [0, 0.05) is 12.0 Å². The van der Waals surface area contributed by atoms with Crippen LogP contribution in [0.5, 0.6) is 0 Å². The monoisotopic (exact) mass is 363 g/mol. The largest absolute Gasteiger partial charge is 0.416 e. The fourth-order valence-electron chi connectivity index (χ4n) is 3.60. The first kappa shape index (κ1) is 17.4. The van der Waals surface area contributed by atoms with Crippen LogP contribution in [-0.2, 0) is 20.9 Å². The minimum Gasteiger partial charge on any atom is -0.416 e. The summed E-state index contributed by atoms with van der Waals surface area (Å²) in [5, 5.41) is 1.83. The standard InChI is InChI=1S/C18H25NO3SSi/c1-4-24(5-2,6-3)22-13-12-14-10-11-17-18-15(14)8-7-9-16(18)19-23(17,20)21/h7-11,19H,4-6,12-13H2,1-3H3.